The summed E-state index contributed by atoms with van der Waals surface area (Å²) in [5.74, 6) is 0. The van der Waals surface area contributed by atoms with Crippen LogP contribution in [0, 0.1) is 0 Å². The Balaban J connectivity index is 0.00000112. The highest BCUT2D eigenvalue weighted by molar-refractivity contribution is 5.85. The molecule has 2 rings (SSSR count). The fraction of sp³-hybridized carbons (Fsp3) is 0.333. The third kappa shape index (κ3) is 3.48. The summed E-state index contributed by atoms with van der Waals surface area (Å²) >= 11 is 0. The number of nitrogens with zero attached hydrogens (tertiary/aromatic N) is 2. The first kappa shape index (κ1) is 11.9. The minimum absolute atomic E-state index is 0. The first-order valence-corrected chi connectivity index (χ1v) is 5.01. The van der Waals surface area contributed by atoms with Gasteiger partial charge in [-0.3, -0.25) is 0 Å². The molecule has 1 aliphatic heterocycles. The van der Waals surface area contributed by atoms with Gasteiger partial charge >= 0.3 is 0 Å². The van der Waals surface area contributed by atoms with Crippen molar-refractivity contribution >= 4 is 12.4 Å². The maximum Gasteiger partial charge on any atom is 0.0890 e. The molecule has 1 aromatic rings. The van der Waals surface area contributed by atoms with Gasteiger partial charge in [-0.25, -0.2) is 0 Å². The molecule has 1 aromatic carbocycles. The highest BCUT2D eigenvalue weighted by Gasteiger charge is 2.07. The van der Waals surface area contributed by atoms with E-state index in [9.17, 15) is 0 Å². The van der Waals surface area contributed by atoms with Crippen LogP contribution in [-0.2, 0) is 6.42 Å². The molecule has 0 aliphatic carbocycles. The van der Waals surface area contributed by atoms with E-state index < -0.39 is 0 Å². The van der Waals surface area contributed by atoms with Gasteiger partial charge in [0.1, 0.15) is 0 Å². The van der Waals surface area contributed by atoms with E-state index in [0.717, 1.165) is 19.6 Å². The van der Waals surface area contributed by atoms with Crippen molar-refractivity contribution in [2.45, 2.75) is 6.42 Å². The predicted octanol–water partition coefficient (Wildman–Crippen LogP) is 2.33. The van der Waals surface area contributed by atoms with Crippen LogP contribution in [0.4, 0.5) is 0 Å². The first-order chi connectivity index (χ1) is 6.84. The van der Waals surface area contributed by atoms with Crippen molar-refractivity contribution in [1.82, 2.24) is 9.80 Å². The van der Waals surface area contributed by atoms with Crippen LogP contribution >= 0.6 is 12.4 Å². The van der Waals surface area contributed by atoms with Crippen LogP contribution in [0.3, 0.4) is 0 Å². The van der Waals surface area contributed by atoms with E-state index in [1.807, 2.05) is 0 Å². The highest BCUT2D eigenvalue weighted by Crippen LogP contribution is 2.06. The quantitative estimate of drug-likeness (QED) is 0.778. The molecule has 1 heterocycles. The lowest BCUT2D eigenvalue weighted by Gasteiger charge is -2.17. The Hall–Kier alpha value is -1.15. The summed E-state index contributed by atoms with van der Waals surface area (Å²) in [6.07, 6.45) is 5.40. The lowest BCUT2D eigenvalue weighted by molar-refractivity contribution is 0.299. The topological polar surface area (TPSA) is 6.48 Å². The van der Waals surface area contributed by atoms with E-state index in [4.69, 9.17) is 0 Å². The maximum absolute atomic E-state index is 2.33. The second-order valence-corrected chi connectivity index (χ2v) is 3.74. The van der Waals surface area contributed by atoms with Crippen molar-refractivity contribution < 1.29 is 0 Å². The van der Waals surface area contributed by atoms with Crippen LogP contribution < -0.4 is 0 Å². The van der Waals surface area contributed by atoms with E-state index in [0.29, 0.717) is 0 Å². The van der Waals surface area contributed by atoms with Crippen LogP contribution in [0.15, 0.2) is 42.7 Å². The summed E-state index contributed by atoms with van der Waals surface area (Å²) in [7, 11) is 2.10. The summed E-state index contributed by atoms with van der Waals surface area (Å²) in [6.45, 7) is 2.12. The summed E-state index contributed by atoms with van der Waals surface area (Å²) in [5.41, 5.74) is 1.41. The number of halogens is 1. The molecule has 0 unspecified atom stereocenters. The van der Waals surface area contributed by atoms with Crippen molar-refractivity contribution in [3.05, 3.63) is 48.3 Å². The summed E-state index contributed by atoms with van der Waals surface area (Å²) < 4.78 is 0. The molecule has 15 heavy (non-hydrogen) atoms. The molecule has 3 heteroatoms. The van der Waals surface area contributed by atoms with Gasteiger partial charge in [-0.15, -0.1) is 12.4 Å². The molecule has 0 spiro atoms. The molecule has 0 atom stereocenters. The third-order valence-corrected chi connectivity index (χ3v) is 2.47. The van der Waals surface area contributed by atoms with Crippen molar-refractivity contribution in [2.75, 3.05) is 20.3 Å². The molecule has 0 saturated carbocycles. The number of rotatable bonds is 3. The van der Waals surface area contributed by atoms with Crippen molar-refractivity contribution in [3.63, 3.8) is 0 Å². The Labute approximate surface area is 97.6 Å². The molecule has 0 bridgehead atoms. The van der Waals surface area contributed by atoms with E-state index >= 15 is 0 Å². The van der Waals surface area contributed by atoms with Crippen molar-refractivity contribution in [3.8, 4) is 0 Å². The Kier molecular flexibility index (Phi) is 4.50. The summed E-state index contributed by atoms with van der Waals surface area (Å²) in [4.78, 5) is 4.51. The molecule has 0 saturated heterocycles. The maximum atomic E-state index is 2.33. The zero-order chi connectivity index (χ0) is 9.80. The molecule has 0 N–H and O–H groups in total. The van der Waals surface area contributed by atoms with Gasteiger partial charge in [0.05, 0.1) is 6.67 Å². The fourth-order valence-corrected chi connectivity index (χ4v) is 1.65. The lowest BCUT2D eigenvalue weighted by atomic mass is 10.1. The zero-order valence-electron chi connectivity index (χ0n) is 8.97. The van der Waals surface area contributed by atoms with Crippen LogP contribution in [-0.4, -0.2) is 30.1 Å². The molecular weight excluding hydrogens is 208 g/mol. The second-order valence-electron chi connectivity index (χ2n) is 3.74. The van der Waals surface area contributed by atoms with Gasteiger partial charge in [0, 0.05) is 26.0 Å². The Morgan fingerprint density at radius 2 is 1.87 bits per heavy atom. The van der Waals surface area contributed by atoms with E-state index in [1.54, 1.807) is 0 Å². The van der Waals surface area contributed by atoms with Crippen molar-refractivity contribution in [1.29, 1.82) is 0 Å². The summed E-state index contributed by atoms with van der Waals surface area (Å²) in [6, 6.07) is 10.6. The first-order valence-electron chi connectivity index (χ1n) is 5.01. The average molecular weight is 225 g/mol. The molecule has 0 fully saturated rings. The molecule has 0 radical (unpaired) electrons. The Morgan fingerprint density at radius 3 is 2.47 bits per heavy atom. The van der Waals surface area contributed by atoms with Crippen LogP contribution in [0.25, 0.3) is 0 Å². The van der Waals surface area contributed by atoms with E-state index in [-0.39, 0.29) is 12.4 Å². The predicted molar refractivity (Wildman–Crippen MR) is 65.9 cm³/mol. The van der Waals surface area contributed by atoms with Crippen LogP contribution in [0.2, 0.25) is 0 Å². The zero-order valence-corrected chi connectivity index (χ0v) is 9.78. The largest absolute Gasteiger partial charge is 0.362 e. The smallest absolute Gasteiger partial charge is 0.0890 e. The Morgan fingerprint density at radius 1 is 1.13 bits per heavy atom. The fourth-order valence-electron chi connectivity index (χ4n) is 1.65. The number of hydrogen-bond donors (Lipinski definition) is 0. The number of hydrogen-bond acceptors (Lipinski definition) is 2. The van der Waals surface area contributed by atoms with Gasteiger partial charge in [-0.05, 0) is 12.0 Å². The minimum Gasteiger partial charge on any atom is -0.362 e. The summed E-state index contributed by atoms with van der Waals surface area (Å²) in [5, 5.41) is 0. The minimum atomic E-state index is 0. The monoisotopic (exact) mass is 224 g/mol. The van der Waals surface area contributed by atoms with Crippen LogP contribution in [0.1, 0.15) is 5.56 Å². The van der Waals surface area contributed by atoms with E-state index in [1.165, 1.54) is 5.56 Å². The standard InChI is InChI=1S/C12H16N2.ClH/c1-13-9-10-14(11-13)8-7-12-5-3-2-4-6-12;/h2-6,9-10H,7-8,11H2,1H3;1H. The van der Waals surface area contributed by atoms with Gasteiger partial charge in [0.2, 0.25) is 0 Å². The van der Waals surface area contributed by atoms with E-state index in [2.05, 4.69) is 59.6 Å². The number of benzene rings is 1. The molecule has 1 aliphatic rings. The van der Waals surface area contributed by atoms with Crippen LogP contribution in [0.5, 0.6) is 0 Å². The van der Waals surface area contributed by atoms with Gasteiger partial charge in [0.15, 0.2) is 0 Å². The van der Waals surface area contributed by atoms with Gasteiger partial charge in [0.25, 0.3) is 0 Å². The van der Waals surface area contributed by atoms with Gasteiger partial charge in [-0.1, -0.05) is 30.3 Å². The molecule has 82 valence electrons. The molecule has 0 amide bonds. The lowest BCUT2D eigenvalue weighted by Crippen LogP contribution is -2.24. The highest BCUT2D eigenvalue weighted by atomic mass is 35.5. The molecule has 0 aromatic heterocycles. The molecule has 2 nitrogen and oxygen atoms in total. The SMILES string of the molecule is CN1C=CN(CCc2ccccc2)C1.Cl. The third-order valence-electron chi connectivity index (χ3n) is 2.47. The second kappa shape index (κ2) is 5.66. The Bertz CT molecular complexity index is 311. The average Bonchev–Trinajstić information content (AvgIpc) is 2.63. The van der Waals surface area contributed by atoms with Crippen molar-refractivity contribution in [2.24, 2.45) is 0 Å². The normalized spacial score (nSPS) is 14.2. The van der Waals surface area contributed by atoms with Gasteiger partial charge < -0.3 is 9.80 Å². The molecular formula is C12H17ClN2. The van der Waals surface area contributed by atoms with Gasteiger partial charge in [-0.2, -0.15) is 0 Å².